The maximum atomic E-state index is 12.8. The lowest BCUT2D eigenvalue weighted by Crippen LogP contribution is -2.49. The molecular formula is C18H26N2O3. The van der Waals surface area contributed by atoms with Crippen LogP contribution in [0.3, 0.4) is 0 Å². The maximum Gasteiger partial charge on any atom is 0.289 e. The topological polar surface area (TPSA) is 53.8 Å². The van der Waals surface area contributed by atoms with Gasteiger partial charge < -0.3 is 14.2 Å². The monoisotopic (exact) mass is 318 g/mol. The van der Waals surface area contributed by atoms with Crippen molar-refractivity contribution < 1.29 is 14.0 Å². The summed E-state index contributed by atoms with van der Waals surface area (Å²) in [6.45, 7) is 4.35. The molecule has 2 aliphatic rings. The largest absolute Gasteiger partial charge is 0.459 e. The maximum absolute atomic E-state index is 12.8. The van der Waals surface area contributed by atoms with Gasteiger partial charge in [-0.2, -0.15) is 0 Å². The van der Waals surface area contributed by atoms with E-state index in [1.807, 2.05) is 0 Å². The molecule has 0 bridgehead atoms. The van der Waals surface area contributed by atoms with Crippen LogP contribution in [0, 0.1) is 5.92 Å². The number of hydrogen-bond acceptors (Lipinski definition) is 3. The SMILES string of the molecule is CCC1CCCCN1C(=O)C1CCN(C(=O)c2ccco2)CC1. The second kappa shape index (κ2) is 7.20. The highest BCUT2D eigenvalue weighted by Gasteiger charge is 2.34. The lowest BCUT2D eigenvalue weighted by atomic mass is 9.92. The van der Waals surface area contributed by atoms with Gasteiger partial charge in [-0.25, -0.2) is 0 Å². The molecule has 2 saturated heterocycles. The van der Waals surface area contributed by atoms with E-state index >= 15 is 0 Å². The Hall–Kier alpha value is -1.78. The van der Waals surface area contributed by atoms with Crippen molar-refractivity contribution in [2.75, 3.05) is 19.6 Å². The van der Waals surface area contributed by atoms with Gasteiger partial charge in [0.25, 0.3) is 5.91 Å². The van der Waals surface area contributed by atoms with E-state index in [1.165, 1.54) is 12.7 Å². The van der Waals surface area contributed by atoms with Crippen LogP contribution < -0.4 is 0 Å². The highest BCUT2D eigenvalue weighted by molar-refractivity contribution is 5.91. The zero-order valence-corrected chi connectivity index (χ0v) is 13.9. The van der Waals surface area contributed by atoms with Crippen LogP contribution in [0.15, 0.2) is 22.8 Å². The average molecular weight is 318 g/mol. The van der Waals surface area contributed by atoms with E-state index in [0.29, 0.717) is 30.8 Å². The van der Waals surface area contributed by atoms with E-state index in [4.69, 9.17) is 4.42 Å². The van der Waals surface area contributed by atoms with Crippen LogP contribution in [-0.2, 0) is 4.79 Å². The summed E-state index contributed by atoms with van der Waals surface area (Å²) in [7, 11) is 0. The van der Waals surface area contributed by atoms with Crippen LogP contribution in [0.5, 0.6) is 0 Å². The number of piperidine rings is 2. The minimum atomic E-state index is -0.0645. The number of furan rings is 1. The molecule has 0 N–H and O–H groups in total. The van der Waals surface area contributed by atoms with Crippen LogP contribution in [0.1, 0.15) is 56.0 Å². The molecule has 2 fully saturated rings. The van der Waals surface area contributed by atoms with Crippen molar-refractivity contribution in [3.05, 3.63) is 24.2 Å². The molecule has 23 heavy (non-hydrogen) atoms. The normalized spacial score (nSPS) is 23.1. The summed E-state index contributed by atoms with van der Waals surface area (Å²) in [6, 6.07) is 3.84. The number of amides is 2. The van der Waals surface area contributed by atoms with Gasteiger partial charge in [0, 0.05) is 31.6 Å². The lowest BCUT2D eigenvalue weighted by Gasteiger charge is -2.39. The van der Waals surface area contributed by atoms with Crippen molar-refractivity contribution in [1.29, 1.82) is 0 Å². The Balaban J connectivity index is 1.56. The van der Waals surface area contributed by atoms with Gasteiger partial charge in [0.2, 0.25) is 5.91 Å². The quantitative estimate of drug-likeness (QED) is 0.861. The Kier molecular flexibility index (Phi) is 5.03. The van der Waals surface area contributed by atoms with Gasteiger partial charge in [-0.05, 0) is 50.7 Å². The molecule has 0 saturated carbocycles. The molecule has 1 unspecified atom stereocenters. The summed E-state index contributed by atoms with van der Waals surface area (Å²) in [5.41, 5.74) is 0. The molecule has 5 heteroatoms. The third kappa shape index (κ3) is 3.43. The number of carbonyl (C=O) groups excluding carboxylic acids is 2. The molecule has 1 atom stereocenters. The van der Waals surface area contributed by atoms with Gasteiger partial charge in [0.15, 0.2) is 5.76 Å². The molecule has 0 spiro atoms. The zero-order valence-electron chi connectivity index (χ0n) is 13.9. The van der Waals surface area contributed by atoms with Gasteiger partial charge in [-0.1, -0.05) is 6.92 Å². The van der Waals surface area contributed by atoms with Crippen LogP contribution in [-0.4, -0.2) is 47.3 Å². The fraction of sp³-hybridized carbons (Fsp3) is 0.667. The predicted octanol–water partition coefficient (Wildman–Crippen LogP) is 2.92. The van der Waals surface area contributed by atoms with E-state index in [2.05, 4.69) is 11.8 Å². The highest BCUT2D eigenvalue weighted by atomic mass is 16.3. The van der Waals surface area contributed by atoms with Gasteiger partial charge in [-0.3, -0.25) is 9.59 Å². The molecule has 0 aliphatic carbocycles. The van der Waals surface area contributed by atoms with E-state index in [9.17, 15) is 9.59 Å². The highest BCUT2D eigenvalue weighted by Crippen LogP contribution is 2.26. The molecule has 0 radical (unpaired) electrons. The first-order valence-electron chi connectivity index (χ1n) is 8.84. The van der Waals surface area contributed by atoms with Crippen molar-refractivity contribution in [3.63, 3.8) is 0 Å². The minimum absolute atomic E-state index is 0.0645. The average Bonchev–Trinajstić information content (AvgIpc) is 3.15. The number of nitrogens with zero attached hydrogens (tertiary/aromatic N) is 2. The Morgan fingerprint density at radius 2 is 1.96 bits per heavy atom. The van der Waals surface area contributed by atoms with Crippen LogP contribution in [0.2, 0.25) is 0 Å². The van der Waals surface area contributed by atoms with E-state index in [-0.39, 0.29) is 11.8 Å². The first kappa shape index (κ1) is 16.1. The van der Waals surface area contributed by atoms with E-state index < -0.39 is 0 Å². The van der Waals surface area contributed by atoms with Crippen molar-refractivity contribution >= 4 is 11.8 Å². The van der Waals surface area contributed by atoms with Crippen molar-refractivity contribution in [2.24, 2.45) is 5.92 Å². The fourth-order valence-corrected chi connectivity index (χ4v) is 3.84. The summed E-state index contributed by atoms with van der Waals surface area (Å²) in [4.78, 5) is 29.0. The standard InChI is InChI=1S/C18H26N2O3/c1-2-15-6-3-4-10-20(15)17(21)14-8-11-19(12-9-14)18(22)16-7-5-13-23-16/h5,7,13-15H,2-4,6,8-12H2,1H3. The molecule has 0 aromatic carbocycles. The number of hydrogen-bond donors (Lipinski definition) is 0. The van der Waals surface area contributed by atoms with Gasteiger partial charge in [0.05, 0.1) is 6.26 Å². The fourth-order valence-electron chi connectivity index (χ4n) is 3.84. The molecule has 5 nitrogen and oxygen atoms in total. The summed E-state index contributed by atoms with van der Waals surface area (Å²) >= 11 is 0. The molecule has 2 aliphatic heterocycles. The molecular weight excluding hydrogens is 292 g/mol. The smallest absolute Gasteiger partial charge is 0.289 e. The first-order chi connectivity index (χ1) is 11.2. The van der Waals surface area contributed by atoms with E-state index in [1.54, 1.807) is 17.0 Å². The third-order valence-electron chi connectivity index (χ3n) is 5.24. The zero-order chi connectivity index (χ0) is 16.2. The number of likely N-dealkylation sites (tertiary alicyclic amines) is 2. The third-order valence-corrected chi connectivity index (χ3v) is 5.24. The molecule has 3 rings (SSSR count). The van der Waals surface area contributed by atoms with E-state index in [0.717, 1.165) is 38.6 Å². The lowest BCUT2D eigenvalue weighted by molar-refractivity contribution is -0.140. The number of carbonyl (C=O) groups is 2. The van der Waals surface area contributed by atoms with Crippen molar-refractivity contribution in [2.45, 2.75) is 51.5 Å². The van der Waals surface area contributed by atoms with Crippen LogP contribution in [0.25, 0.3) is 0 Å². The van der Waals surface area contributed by atoms with Gasteiger partial charge >= 0.3 is 0 Å². The summed E-state index contributed by atoms with van der Waals surface area (Å²) < 4.78 is 5.18. The Morgan fingerprint density at radius 3 is 2.61 bits per heavy atom. The predicted molar refractivity (Wildman–Crippen MR) is 87.0 cm³/mol. The van der Waals surface area contributed by atoms with Gasteiger partial charge in [0.1, 0.15) is 0 Å². The summed E-state index contributed by atoms with van der Waals surface area (Å²) in [5.74, 6) is 0.701. The number of rotatable bonds is 3. The Morgan fingerprint density at radius 1 is 1.17 bits per heavy atom. The summed E-state index contributed by atoms with van der Waals surface area (Å²) in [6.07, 6.45) is 7.58. The second-order valence-corrected chi connectivity index (χ2v) is 6.63. The Bertz CT molecular complexity index is 532. The second-order valence-electron chi connectivity index (χ2n) is 6.63. The first-order valence-corrected chi connectivity index (χ1v) is 8.84. The molecule has 1 aromatic rings. The minimum Gasteiger partial charge on any atom is -0.459 e. The van der Waals surface area contributed by atoms with Crippen molar-refractivity contribution in [1.82, 2.24) is 9.80 Å². The molecule has 126 valence electrons. The van der Waals surface area contributed by atoms with Crippen LogP contribution >= 0.6 is 0 Å². The summed E-state index contributed by atoms with van der Waals surface area (Å²) in [5, 5.41) is 0. The molecule has 1 aromatic heterocycles. The van der Waals surface area contributed by atoms with Crippen LogP contribution in [0.4, 0.5) is 0 Å². The van der Waals surface area contributed by atoms with Gasteiger partial charge in [-0.15, -0.1) is 0 Å². The van der Waals surface area contributed by atoms with Crippen molar-refractivity contribution in [3.8, 4) is 0 Å². The molecule has 3 heterocycles. The Labute approximate surface area is 137 Å². The molecule has 2 amide bonds.